The Labute approximate surface area is 523 Å². The van der Waals surface area contributed by atoms with Crippen molar-refractivity contribution in [2.45, 2.75) is 42.2 Å². The summed E-state index contributed by atoms with van der Waals surface area (Å²) in [5, 5.41) is 14.4. The van der Waals surface area contributed by atoms with Crippen LogP contribution in [0.2, 0.25) is 0 Å². The third-order valence-electron chi connectivity index (χ3n) is 11.9. The Morgan fingerprint density at radius 1 is 0.391 bits per heavy atom. The highest BCUT2D eigenvalue weighted by Gasteiger charge is 2.27. The molecule has 40 nitrogen and oxygen atoms in total. The Morgan fingerprint density at radius 3 is 0.989 bits per heavy atom. The minimum Gasteiger partial charge on any atom is -0.359 e. The van der Waals surface area contributed by atoms with E-state index < -0.39 is 231 Å². The van der Waals surface area contributed by atoms with Crippen LogP contribution in [0.15, 0.2) is 102 Å². The molecule has 500 valence electrons. The molecule has 0 aliphatic heterocycles. The number of rotatable bonds is 30. The van der Waals surface area contributed by atoms with Crippen molar-refractivity contribution in [3.8, 4) is 0 Å². The molecule has 2 heterocycles. The van der Waals surface area contributed by atoms with Crippen LogP contribution in [0.3, 0.4) is 0 Å². The third-order valence-corrected chi connectivity index (χ3v) is 18.6. The Hall–Kier alpha value is -8.34. The van der Waals surface area contributed by atoms with Gasteiger partial charge in [0, 0.05) is 64.5 Å². The third kappa shape index (κ3) is 21.1. The highest BCUT2D eigenvalue weighted by molar-refractivity contribution is 7.87. The molecule has 0 aliphatic rings. The van der Waals surface area contributed by atoms with E-state index in [0.717, 1.165) is 58.4 Å². The zero-order valence-electron chi connectivity index (χ0n) is 46.5. The molecule has 0 saturated heterocycles. The first kappa shape index (κ1) is 72.7. The summed E-state index contributed by atoms with van der Waals surface area (Å²) < 4.78 is 277. The van der Waals surface area contributed by atoms with Crippen LogP contribution in [0.4, 0.5) is 58.4 Å². The van der Waals surface area contributed by atoms with E-state index in [1.54, 1.807) is 0 Å². The summed E-state index contributed by atoms with van der Waals surface area (Å²) in [6, 6.07) is 9.09. The maximum atomic E-state index is 13.0. The first-order valence-corrected chi connectivity index (χ1v) is 36.7. The fourth-order valence-corrected chi connectivity index (χ4v) is 12.2. The largest absolute Gasteiger partial charge is 0.359 e. The molecule has 0 fully saturated rings. The monoisotopic (exact) mass is 1450 g/mol. The van der Waals surface area contributed by atoms with Gasteiger partial charge in [-0.3, -0.25) is 46.0 Å². The second-order valence-electron chi connectivity index (χ2n) is 18.5. The van der Waals surface area contributed by atoms with Crippen LogP contribution in [0.5, 0.6) is 0 Å². The van der Waals surface area contributed by atoms with Crippen LogP contribution < -0.4 is 41.7 Å². The van der Waals surface area contributed by atoms with Crippen molar-refractivity contribution >= 4 is 163 Å². The molecule has 0 spiro atoms. The van der Waals surface area contributed by atoms with Crippen molar-refractivity contribution < 1.29 is 113 Å². The van der Waals surface area contributed by atoms with E-state index in [0.29, 0.717) is 36.4 Å². The lowest BCUT2D eigenvalue weighted by molar-refractivity contribution is -0.121. The predicted molar refractivity (Wildman–Crippen MR) is 321 cm³/mol. The molecular formula is C44H50N14O26S8. The lowest BCUT2D eigenvalue weighted by atomic mass is 10.1. The average Bonchev–Trinajstić information content (AvgIpc) is 1.70. The summed E-state index contributed by atoms with van der Waals surface area (Å²) in [6.45, 7) is -2.18. The van der Waals surface area contributed by atoms with E-state index in [9.17, 15) is 113 Å². The molecule has 0 unspecified atom stereocenters. The van der Waals surface area contributed by atoms with E-state index >= 15 is 0 Å². The first-order valence-electron chi connectivity index (χ1n) is 24.8. The number of amides is 2. The SMILES string of the molecule is CNC(=O)CCN(CCS(=O)(=O)O)c1nc(Nc2ccc(/C=C/c3ccc(Nc4nc(Nc5cc(S(=O)(=O)O)ccc5S(=O)(=O)O)nc(N(CCC(=O)NC)CCS(=O)(=O)O)n4)cc3S(=O)(=O)O)c(S(=O)(=O)O)c2)nc(Nc2cc(S(=O)(=O)O)ccc2S(=O)(=O)O)n1. The second-order valence-corrected chi connectivity index (χ2v) is 30.0. The minimum absolute atomic E-state index is 0.341. The average molecular weight is 1450 g/mol. The van der Waals surface area contributed by atoms with Crippen molar-refractivity contribution in [3.05, 3.63) is 83.9 Å². The van der Waals surface area contributed by atoms with E-state index in [2.05, 4.69) is 61.8 Å². The van der Waals surface area contributed by atoms with Gasteiger partial charge in [-0.15, -0.1) is 0 Å². The summed E-state index contributed by atoms with van der Waals surface area (Å²) in [6.07, 6.45) is 1.06. The molecular weight excluding hydrogens is 1400 g/mol. The fourth-order valence-electron chi connectivity index (χ4n) is 7.64. The summed E-state index contributed by atoms with van der Waals surface area (Å²) in [7, 11) is -38.2. The highest BCUT2D eigenvalue weighted by atomic mass is 32.2. The minimum atomic E-state index is -5.33. The van der Waals surface area contributed by atoms with Gasteiger partial charge in [0.05, 0.1) is 32.7 Å². The van der Waals surface area contributed by atoms with Crippen molar-refractivity contribution in [2.24, 2.45) is 0 Å². The van der Waals surface area contributed by atoms with Crippen LogP contribution in [-0.4, -0.2) is 197 Å². The number of carbonyl (C=O) groups excluding carboxylic acids is 2. The lowest BCUT2D eigenvalue weighted by Crippen LogP contribution is -2.34. The first-order chi connectivity index (χ1) is 42.3. The topological polar surface area (TPSA) is 625 Å². The summed E-state index contributed by atoms with van der Waals surface area (Å²) in [4.78, 5) is 45.4. The molecule has 14 N–H and O–H groups in total. The zero-order valence-corrected chi connectivity index (χ0v) is 53.0. The number of carbonyl (C=O) groups is 2. The molecule has 6 rings (SSSR count). The van der Waals surface area contributed by atoms with Crippen molar-refractivity contribution in [2.75, 3.05) is 82.8 Å². The molecule has 92 heavy (non-hydrogen) atoms. The van der Waals surface area contributed by atoms with Gasteiger partial charge in [0.15, 0.2) is 0 Å². The van der Waals surface area contributed by atoms with Gasteiger partial charge in [-0.25, -0.2) is 0 Å². The molecule has 6 aromatic rings. The number of nitrogens with one attached hydrogen (secondary N) is 6. The standard InChI is InChI=1S/C44H50N14O26S8/c1-45-37(59)13-15-57(17-19-85(61,62)63)43-53-39(51-41(55-43)49-31-23-29(87(67,68)69)9-11-33(31)89(73,74)75)47-27-7-5-25(35(21-27)91(79,80)81)3-4-26-6-8-28(22-36(26)92(82,83)84)48-40-52-42(50-32-24-30(88(70,71)72)10-12-34(32)90(76,77)78)56-44(54-40)58(16-14-38(60)46-2)18-20-86(64,65)66/h3-12,21-24H,13-20H2,1-2H3,(H,45,59)(H,46,60)(H,61,62,63)(H,64,65,66)(H,67,68,69)(H,70,71,72)(H,73,74,75)(H,76,77,78)(H,79,80,81)(H,82,83,84)(H2,47,49,51,53,55)(H2,48,50,52,54,56)/b4-3+. The summed E-state index contributed by atoms with van der Waals surface area (Å²) in [5.74, 6) is -7.33. The quantitative estimate of drug-likeness (QED) is 0.0214. The van der Waals surface area contributed by atoms with Crippen molar-refractivity contribution in [3.63, 3.8) is 0 Å². The van der Waals surface area contributed by atoms with Crippen molar-refractivity contribution in [1.82, 2.24) is 40.5 Å². The Morgan fingerprint density at radius 2 is 0.707 bits per heavy atom. The van der Waals surface area contributed by atoms with Crippen LogP contribution in [-0.2, 0) is 90.5 Å². The number of hydrogen-bond donors (Lipinski definition) is 14. The molecule has 2 aromatic heterocycles. The van der Waals surface area contributed by atoms with Crippen LogP contribution in [0, 0.1) is 0 Å². The number of nitrogens with zero attached hydrogens (tertiary/aromatic N) is 8. The van der Waals surface area contributed by atoms with E-state index in [4.69, 9.17) is 0 Å². The summed E-state index contributed by atoms with van der Waals surface area (Å²) in [5.41, 5.74) is -3.14. The number of anilines is 10. The molecule has 0 atom stereocenters. The van der Waals surface area contributed by atoms with Gasteiger partial charge in [0.1, 0.15) is 19.6 Å². The van der Waals surface area contributed by atoms with E-state index in [-0.39, 0.29) is 11.4 Å². The Bertz CT molecular complexity index is 4570. The van der Waals surface area contributed by atoms with Gasteiger partial charge in [-0.2, -0.15) is 97.2 Å². The molecule has 48 heteroatoms. The molecule has 0 saturated carbocycles. The van der Waals surface area contributed by atoms with Gasteiger partial charge in [0.2, 0.25) is 47.5 Å². The van der Waals surface area contributed by atoms with Crippen LogP contribution in [0.1, 0.15) is 24.0 Å². The molecule has 0 bridgehead atoms. The predicted octanol–water partition coefficient (Wildman–Crippen LogP) is 0.342. The number of benzene rings is 4. The van der Waals surface area contributed by atoms with E-state index in [1.165, 1.54) is 14.1 Å². The van der Waals surface area contributed by atoms with Crippen LogP contribution >= 0.6 is 0 Å². The molecule has 0 aliphatic carbocycles. The maximum absolute atomic E-state index is 13.0. The summed E-state index contributed by atoms with van der Waals surface area (Å²) >= 11 is 0. The van der Waals surface area contributed by atoms with Gasteiger partial charge >= 0.3 is 0 Å². The van der Waals surface area contributed by atoms with E-state index in [1.807, 2.05) is 0 Å². The Kier molecular flexibility index (Phi) is 22.3. The van der Waals surface area contributed by atoms with Gasteiger partial charge in [0.25, 0.3) is 80.9 Å². The number of aromatic nitrogens is 6. The normalized spacial score (nSPS) is 12.7. The highest BCUT2D eigenvalue weighted by Crippen LogP contribution is 2.33. The van der Waals surface area contributed by atoms with Gasteiger partial charge in [-0.05, 0) is 71.8 Å². The Balaban J connectivity index is 1.44. The molecule has 0 radical (unpaired) electrons. The number of hydrogen-bond acceptors (Lipinski definition) is 30. The zero-order chi connectivity index (χ0) is 68.7. The van der Waals surface area contributed by atoms with Crippen molar-refractivity contribution in [1.29, 1.82) is 0 Å². The van der Waals surface area contributed by atoms with Gasteiger partial charge < -0.3 is 41.7 Å². The molecule has 2 amide bonds. The fraction of sp³-hybridized carbons (Fsp3) is 0.227. The smallest absolute Gasteiger partial charge is 0.296 e. The molecule has 4 aromatic carbocycles. The second kappa shape index (κ2) is 28.3. The van der Waals surface area contributed by atoms with Crippen LogP contribution in [0.25, 0.3) is 12.2 Å². The lowest BCUT2D eigenvalue weighted by Gasteiger charge is -2.23. The maximum Gasteiger partial charge on any atom is 0.296 e. The van der Waals surface area contributed by atoms with Gasteiger partial charge in [-0.1, -0.05) is 24.3 Å².